The lowest BCUT2D eigenvalue weighted by Gasteiger charge is -2.42. The smallest absolute Gasteiger partial charge is 0.193 e. The fraction of sp³-hybridized carbons (Fsp3) is 0.765. The van der Waals surface area contributed by atoms with Crippen LogP contribution in [0, 0.1) is 5.41 Å². The molecule has 1 fully saturated rings. The summed E-state index contributed by atoms with van der Waals surface area (Å²) in [5.41, 5.74) is 0.446. The molecule has 1 aromatic heterocycles. The molecule has 2 heterocycles. The van der Waals surface area contributed by atoms with Gasteiger partial charge in [-0.25, -0.2) is 4.98 Å². The van der Waals surface area contributed by atoms with Gasteiger partial charge in [0.1, 0.15) is 0 Å². The molecule has 1 aliphatic heterocycles. The van der Waals surface area contributed by atoms with Crippen LogP contribution >= 0.6 is 24.0 Å². The number of aromatic nitrogens is 2. The highest BCUT2D eigenvalue weighted by Crippen LogP contribution is 2.33. The van der Waals surface area contributed by atoms with Crippen LogP contribution in [0.15, 0.2) is 23.7 Å². The third-order valence-electron chi connectivity index (χ3n) is 4.58. The van der Waals surface area contributed by atoms with E-state index in [2.05, 4.69) is 38.6 Å². The third-order valence-corrected chi connectivity index (χ3v) is 4.58. The summed E-state index contributed by atoms with van der Waals surface area (Å²) in [5, 5.41) is 3.52. The van der Waals surface area contributed by atoms with Crippen molar-refractivity contribution in [1.82, 2.24) is 19.8 Å². The van der Waals surface area contributed by atoms with E-state index in [1.165, 1.54) is 25.7 Å². The number of guanidine groups is 1. The molecule has 0 spiro atoms. The molecule has 1 aliphatic rings. The quantitative estimate of drug-likeness (QED) is 0.324. The van der Waals surface area contributed by atoms with Gasteiger partial charge in [0.15, 0.2) is 5.96 Å². The van der Waals surface area contributed by atoms with Crippen molar-refractivity contribution >= 4 is 29.9 Å². The van der Waals surface area contributed by atoms with Crippen molar-refractivity contribution in [3.05, 3.63) is 18.7 Å². The first kappa shape index (κ1) is 20.3. The van der Waals surface area contributed by atoms with E-state index in [1.807, 2.05) is 25.8 Å². The number of rotatable bonds is 6. The molecule has 0 bridgehead atoms. The van der Waals surface area contributed by atoms with Crippen LogP contribution < -0.4 is 5.32 Å². The average molecular weight is 433 g/mol. The molecule has 0 amide bonds. The minimum Gasteiger partial charge on any atom is -0.356 e. The van der Waals surface area contributed by atoms with Gasteiger partial charge in [0.2, 0.25) is 0 Å². The van der Waals surface area contributed by atoms with Gasteiger partial charge in [-0.3, -0.25) is 4.99 Å². The fourth-order valence-corrected chi connectivity index (χ4v) is 3.52. The van der Waals surface area contributed by atoms with Gasteiger partial charge in [-0.1, -0.05) is 20.3 Å². The first-order valence-corrected chi connectivity index (χ1v) is 8.58. The molecule has 1 saturated heterocycles. The topological polar surface area (TPSA) is 45.5 Å². The van der Waals surface area contributed by atoms with Gasteiger partial charge in [0, 0.05) is 45.6 Å². The van der Waals surface area contributed by atoms with E-state index in [-0.39, 0.29) is 24.0 Å². The van der Waals surface area contributed by atoms with Gasteiger partial charge in [-0.05, 0) is 31.1 Å². The second kappa shape index (κ2) is 10.2. The summed E-state index contributed by atoms with van der Waals surface area (Å²) < 4.78 is 2.11. The normalized spacial score (nSPS) is 21.9. The van der Waals surface area contributed by atoms with Gasteiger partial charge < -0.3 is 14.8 Å². The Kier molecular flexibility index (Phi) is 8.94. The highest BCUT2D eigenvalue weighted by Gasteiger charge is 2.31. The maximum atomic E-state index is 4.48. The molecular weight excluding hydrogens is 401 g/mol. The molecule has 132 valence electrons. The van der Waals surface area contributed by atoms with Crippen molar-refractivity contribution in [2.75, 3.05) is 26.7 Å². The van der Waals surface area contributed by atoms with Crippen LogP contribution in [0.5, 0.6) is 0 Å². The number of nitrogens with zero attached hydrogens (tertiary/aromatic N) is 4. The number of halogens is 1. The number of hydrogen-bond donors (Lipinski definition) is 1. The molecule has 23 heavy (non-hydrogen) atoms. The molecule has 0 aromatic carbocycles. The van der Waals surface area contributed by atoms with E-state index in [1.54, 1.807) is 0 Å². The van der Waals surface area contributed by atoms with Crippen molar-refractivity contribution in [3.63, 3.8) is 0 Å². The zero-order valence-electron chi connectivity index (χ0n) is 14.8. The summed E-state index contributed by atoms with van der Waals surface area (Å²) in [7, 11) is 1.89. The average Bonchev–Trinajstić information content (AvgIpc) is 3.00. The molecule has 6 heteroatoms. The Labute approximate surface area is 158 Å². The highest BCUT2D eigenvalue weighted by molar-refractivity contribution is 14.0. The Morgan fingerprint density at radius 1 is 1.43 bits per heavy atom. The first-order chi connectivity index (χ1) is 10.7. The fourth-order valence-electron chi connectivity index (χ4n) is 3.52. The Bertz CT molecular complexity index is 456. The zero-order valence-corrected chi connectivity index (χ0v) is 17.1. The molecule has 2 rings (SSSR count). The van der Waals surface area contributed by atoms with Gasteiger partial charge >= 0.3 is 0 Å². The van der Waals surface area contributed by atoms with Crippen molar-refractivity contribution < 1.29 is 0 Å². The largest absolute Gasteiger partial charge is 0.356 e. The second-order valence-corrected chi connectivity index (χ2v) is 6.71. The molecular formula is C17H32IN5. The monoisotopic (exact) mass is 433 g/mol. The van der Waals surface area contributed by atoms with E-state index in [9.17, 15) is 0 Å². The number of imidazole rings is 1. The van der Waals surface area contributed by atoms with Crippen LogP contribution in [0.1, 0.15) is 46.0 Å². The van der Waals surface area contributed by atoms with Crippen LogP contribution in [0.2, 0.25) is 0 Å². The van der Waals surface area contributed by atoms with Crippen molar-refractivity contribution in [2.45, 2.75) is 52.5 Å². The summed E-state index contributed by atoms with van der Waals surface area (Å²) in [6, 6.07) is 0. The Morgan fingerprint density at radius 3 is 2.91 bits per heavy atom. The van der Waals surface area contributed by atoms with Gasteiger partial charge in [-0.2, -0.15) is 0 Å². The van der Waals surface area contributed by atoms with Crippen molar-refractivity contribution in [1.29, 1.82) is 0 Å². The van der Waals surface area contributed by atoms with E-state index in [0.29, 0.717) is 5.41 Å². The molecule has 0 saturated carbocycles. The highest BCUT2D eigenvalue weighted by atomic mass is 127. The van der Waals surface area contributed by atoms with E-state index >= 15 is 0 Å². The molecule has 0 aliphatic carbocycles. The minimum absolute atomic E-state index is 0. The van der Waals surface area contributed by atoms with Gasteiger partial charge in [0.05, 0.1) is 6.33 Å². The van der Waals surface area contributed by atoms with E-state index in [4.69, 9.17) is 0 Å². The van der Waals surface area contributed by atoms with E-state index < -0.39 is 0 Å². The Morgan fingerprint density at radius 2 is 2.26 bits per heavy atom. The maximum absolute atomic E-state index is 4.48. The number of hydrogen-bond acceptors (Lipinski definition) is 2. The predicted molar refractivity (Wildman–Crippen MR) is 107 cm³/mol. The van der Waals surface area contributed by atoms with Crippen LogP contribution in [-0.2, 0) is 6.54 Å². The molecule has 1 N–H and O–H groups in total. The predicted octanol–water partition coefficient (Wildman–Crippen LogP) is 3.37. The van der Waals surface area contributed by atoms with Gasteiger partial charge in [0.25, 0.3) is 0 Å². The number of aliphatic imine (C=N–C) groups is 1. The SMILES string of the molecule is CCCC1(C)CCCN(C(=NC)NCCCn2ccnc2)C1.I. The van der Waals surface area contributed by atoms with Crippen LogP contribution in [0.4, 0.5) is 0 Å². The lowest BCUT2D eigenvalue weighted by atomic mass is 9.78. The standard InChI is InChI=1S/C17H31N5.HI/c1-4-7-17(2)8-5-12-22(14-17)16(18-3)20-9-6-11-21-13-10-19-15-21;/h10,13,15H,4-9,11-12,14H2,1-3H3,(H,18,20);1H. The summed E-state index contributed by atoms with van der Waals surface area (Å²) >= 11 is 0. The summed E-state index contributed by atoms with van der Waals surface area (Å²) in [6.07, 6.45) is 12.0. The lowest BCUT2D eigenvalue weighted by molar-refractivity contribution is 0.142. The van der Waals surface area contributed by atoms with Crippen molar-refractivity contribution in [3.8, 4) is 0 Å². The van der Waals surface area contributed by atoms with Crippen molar-refractivity contribution in [2.24, 2.45) is 10.4 Å². The third kappa shape index (κ3) is 6.31. The molecule has 0 radical (unpaired) electrons. The summed E-state index contributed by atoms with van der Waals surface area (Å²) in [4.78, 5) is 11.0. The Hall–Kier alpha value is -0.790. The number of aryl methyl sites for hydroxylation is 1. The molecule has 1 atom stereocenters. The number of nitrogens with one attached hydrogen (secondary N) is 1. The molecule has 5 nitrogen and oxygen atoms in total. The lowest BCUT2D eigenvalue weighted by Crippen LogP contribution is -2.50. The molecule has 1 aromatic rings. The number of likely N-dealkylation sites (tertiary alicyclic amines) is 1. The van der Waals surface area contributed by atoms with E-state index in [0.717, 1.165) is 38.6 Å². The second-order valence-electron chi connectivity index (χ2n) is 6.71. The zero-order chi connectivity index (χ0) is 15.8. The first-order valence-electron chi connectivity index (χ1n) is 8.58. The Balaban J connectivity index is 0.00000264. The van der Waals surface area contributed by atoms with Crippen LogP contribution in [0.3, 0.4) is 0 Å². The maximum Gasteiger partial charge on any atom is 0.193 e. The summed E-state index contributed by atoms with van der Waals surface area (Å²) in [6.45, 7) is 8.91. The van der Waals surface area contributed by atoms with Crippen LogP contribution in [-0.4, -0.2) is 47.1 Å². The number of piperidine rings is 1. The molecule has 1 unspecified atom stereocenters. The van der Waals surface area contributed by atoms with Crippen LogP contribution in [0.25, 0.3) is 0 Å². The van der Waals surface area contributed by atoms with Gasteiger partial charge in [-0.15, -0.1) is 24.0 Å². The minimum atomic E-state index is 0. The summed E-state index contributed by atoms with van der Waals surface area (Å²) in [5.74, 6) is 1.06.